The molecule has 1 saturated carbocycles. The van der Waals surface area contributed by atoms with Crippen LogP contribution in [0.4, 0.5) is 4.79 Å². The number of nitrogens with one attached hydrogen (secondary N) is 2. The van der Waals surface area contributed by atoms with E-state index in [4.69, 9.17) is 0 Å². The van der Waals surface area contributed by atoms with Crippen LogP contribution in [0.1, 0.15) is 85.5 Å². The number of nitrogens with zero attached hydrogens (tertiary/aromatic N) is 1. The van der Waals surface area contributed by atoms with Gasteiger partial charge in [0.2, 0.25) is 5.91 Å². The lowest BCUT2D eigenvalue weighted by molar-refractivity contribution is -0.136. The van der Waals surface area contributed by atoms with Gasteiger partial charge in [0.05, 0.1) is 0 Å². The number of carbonyl (C=O) groups excluding carboxylic acids is 3. The van der Waals surface area contributed by atoms with Crippen LogP contribution in [-0.4, -0.2) is 41.4 Å². The van der Waals surface area contributed by atoms with Crippen LogP contribution < -0.4 is 10.6 Å². The van der Waals surface area contributed by atoms with E-state index in [1.807, 2.05) is 0 Å². The molecule has 0 bridgehead atoms. The zero-order valence-electron chi connectivity index (χ0n) is 17.5. The zero-order valence-corrected chi connectivity index (χ0v) is 17.5. The SMILES string of the molecule is CCCCCCNC(=O)CN1C(=O)NC2(CCC(C(C)(C)CC)CC2)C1=O. The lowest BCUT2D eigenvalue weighted by Gasteiger charge is -2.42. The van der Waals surface area contributed by atoms with Gasteiger partial charge in [-0.3, -0.25) is 14.5 Å². The third-order valence-electron chi connectivity index (χ3n) is 6.76. The van der Waals surface area contributed by atoms with Gasteiger partial charge in [-0.15, -0.1) is 0 Å². The van der Waals surface area contributed by atoms with E-state index in [9.17, 15) is 14.4 Å². The van der Waals surface area contributed by atoms with Crippen molar-refractivity contribution in [3.05, 3.63) is 0 Å². The molecule has 4 amide bonds. The molecule has 6 nitrogen and oxygen atoms in total. The molecule has 0 atom stereocenters. The van der Waals surface area contributed by atoms with Crippen molar-refractivity contribution >= 4 is 17.8 Å². The van der Waals surface area contributed by atoms with Crippen molar-refractivity contribution in [1.29, 1.82) is 0 Å². The van der Waals surface area contributed by atoms with Crippen LogP contribution in [0.25, 0.3) is 0 Å². The van der Waals surface area contributed by atoms with Crippen molar-refractivity contribution in [1.82, 2.24) is 15.5 Å². The van der Waals surface area contributed by atoms with Gasteiger partial charge in [0.1, 0.15) is 12.1 Å². The molecule has 0 radical (unpaired) electrons. The summed E-state index contributed by atoms with van der Waals surface area (Å²) in [6.45, 7) is 9.33. The number of carbonyl (C=O) groups is 3. The van der Waals surface area contributed by atoms with Crippen LogP contribution in [0.3, 0.4) is 0 Å². The molecule has 1 saturated heterocycles. The van der Waals surface area contributed by atoms with Crippen LogP contribution >= 0.6 is 0 Å². The molecule has 2 fully saturated rings. The van der Waals surface area contributed by atoms with Gasteiger partial charge in [-0.05, 0) is 43.4 Å². The summed E-state index contributed by atoms with van der Waals surface area (Å²) in [4.78, 5) is 38.5. The standard InChI is InChI=1S/C21H37N3O3/c1-5-7-8-9-14-22-17(25)15-24-18(26)21(23-19(24)27)12-10-16(11-13-21)20(3,4)6-2/h16H,5-15H2,1-4H3,(H,22,25)(H,23,27). The third-order valence-corrected chi connectivity index (χ3v) is 6.76. The second-order valence-electron chi connectivity index (χ2n) is 8.93. The fraction of sp³-hybridized carbons (Fsp3) is 0.857. The minimum Gasteiger partial charge on any atom is -0.355 e. The van der Waals surface area contributed by atoms with Crippen molar-refractivity contribution in [3.8, 4) is 0 Å². The van der Waals surface area contributed by atoms with E-state index < -0.39 is 11.6 Å². The van der Waals surface area contributed by atoms with Crippen LogP contribution in [0.15, 0.2) is 0 Å². The molecule has 0 unspecified atom stereocenters. The van der Waals surface area contributed by atoms with Crippen molar-refractivity contribution < 1.29 is 14.4 Å². The van der Waals surface area contributed by atoms with Gasteiger partial charge in [-0.1, -0.05) is 53.4 Å². The Balaban J connectivity index is 1.87. The topological polar surface area (TPSA) is 78.5 Å². The number of rotatable bonds is 9. The molecule has 1 aliphatic carbocycles. The van der Waals surface area contributed by atoms with Crippen molar-refractivity contribution in [2.24, 2.45) is 11.3 Å². The van der Waals surface area contributed by atoms with Crippen LogP contribution in [0.2, 0.25) is 0 Å². The first-order valence-electron chi connectivity index (χ1n) is 10.7. The lowest BCUT2D eigenvalue weighted by atomic mass is 9.65. The molecule has 6 heteroatoms. The van der Waals surface area contributed by atoms with Gasteiger partial charge in [0, 0.05) is 6.54 Å². The monoisotopic (exact) mass is 379 g/mol. The number of urea groups is 1. The average molecular weight is 380 g/mol. The van der Waals surface area contributed by atoms with Crippen LogP contribution in [0, 0.1) is 11.3 Å². The van der Waals surface area contributed by atoms with Crippen molar-refractivity contribution in [2.45, 2.75) is 91.0 Å². The fourth-order valence-corrected chi connectivity index (χ4v) is 4.32. The Morgan fingerprint density at radius 1 is 1.19 bits per heavy atom. The van der Waals surface area contributed by atoms with E-state index in [0.717, 1.165) is 49.8 Å². The van der Waals surface area contributed by atoms with Crippen molar-refractivity contribution in [2.75, 3.05) is 13.1 Å². The Hall–Kier alpha value is -1.59. The second-order valence-corrected chi connectivity index (χ2v) is 8.93. The summed E-state index contributed by atoms with van der Waals surface area (Å²) >= 11 is 0. The molecule has 1 aliphatic heterocycles. The van der Waals surface area contributed by atoms with Crippen LogP contribution in [-0.2, 0) is 9.59 Å². The van der Waals surface area contributed by atoms with Crippen LogP contribution in [0.5, 0.6) is 0 Å². The maximum atomic E-state index is 12.9. The van der Waals surface area contributed by atoms with E-state index in [0.29, 0.717) is 25.3 Å². The van der Waals surface area contributed by atoms with Crippen molar-refractivity contribution in [3.63, 3.8) is 0 Å². The molecule has 0 aromatic carbocycles. The average Bonchev–Trinajstić information content (AvgIpc) is 2.86. The molecule has 2 aliphatic rings. The number of hydrogen-bond acceptors (Lipinski definition) is 3. The summed E-state index contributed by atoms with van der Waals surface area (Å²) in [6, 6.07) is -0.422. The van der Waals surface area contributed by atoms with Gasteiger partial charge in [-0.25, -0.2) is 4.79 Å². The Morgan fingerprint density at radius 2 is 1.85 bits per heavy atom. The highest BCUT2D eigenvalue weighted by Crippen LogP contribution is 2.45. The Morgan fingerprint density at radius 3 is 2.44 bits per heavy atom. The molecule has 27 heavy (non-hydrogen) atoms. The van der Waals surface area contributed by atoms with Gasteiger partial charge in [-0.2, -0.15) is 0 Å². The normalized spacial score (nSPS) is 25.8. The largest absolute Gasteiger partial charge is 0.355 e. The molecular formula is C21H37N3O3. The lowest BCUT2D eigenvalue weighted by Crippen LogP contribution is -2.51. The maximum absolute atomic E-state index is 12.9. The van der Waals surface area contributed by atoms with E-state index in [1.165, 1.54) is 0 Å². The summed E-state index contributed by atoms with van der Waals surface area (Å²) in [7, 11) is 0. The highest BCUT2D eigenvalue weighted by Gasteiger charge is 2.53. The number of amides is 4. The van der Waals surface area contributed by atoms with E-state index in [1.54, 1.807) is 0 Å². The maximum Gasteiger partial charge on any atom is 0.325 e. The molecule has 1 heterocycles. The predicted molar refractivity (Wildman–Crippen MR) is 106 cm³/mol. The quantitative estimate of drug-likeness (QED) is 0.474. The molecule has 2 N–H and O–H groups in total. The molecule has 0 aromatic heterocycles. The summed E-state index contributed by atoms with van der Waals surface area (Å²) in [5.74, 6) is 0.0903. The van der Waals surface area contributed by atoms with Gasteiger partial charge in [0.25, 0.3) is 5.91 Å². The summed E-state index contributed by atoms with van der Waals surface area (Å²) in [6.07, 6.45) is 8.62. The summed E-state index contributed by atoms with van der Waals surface area (Å²) < 4.78 is 0. The summed E-state index contributed by atoms with van der Waals surface area (Å²) in [5, 5.41) is 5.73. The smallest absolute Gasteiger partial charge is 0.325 e. The minimum atomic E-state index is -0.793. The van der Waals surface area contributed by atoms with E-state index >= 15 is 0 Å². The minimum absolute atomic E-state index is 0.177. The molecule has 0 aromatic rings. The first kappa shape index (κ1) is 21.7. The fourth-order valence-electron chi connectivity index (χ4n) is 4.32. The third kappa shape index (κ3) is 5.02. The van der Waals surface area contributed by atoms with Gasteiger partial charge >= 0.3 is 6.03 Å². The highest BCUT2D eigenvalue weighted by molar-refractivity contribution is 6.09. The number of imide groups is 1. The predicted octanol–water partition coefficient (Wildman–Crippen LogP) is 3.60. The van der Waals surface area contributed by atoms with E-state index in [-0.39, 0.29) is 23.8 Å². The Kier molecular flexibility index (Phi) is 7.29. The molecule has 2 rings (SSSR count). The summed E-state index contributed by atoms with van der Waals surface area (Å²) in [5.41, 5.74) is -0.538. The first-order valence-corrected chi connectivity index (χ1v) is 10.7. The number of unbranched alkanes of at least 4 members (excludes halogenated alkanes) is 3. The van der Waals surface area contributed by atoms with Gasteiger partial charge in [0.15, 0.2) is 0 Å². The Labute approximate surface area is 163 Å². The van der Waals surface area contributed by atoms with Gasteiger partial charge < -0.3 is 10.6 Å². The molecule has 154 valence electrons. The Bertz CT molecular complexity index is 551. The first-order chi connectivity index (χ1) is 12.8. The molecular weight excluding hydrogens is 342 g/mol. The molecule has 1 spiro atoms. The highest BCUT2D eigenvalue weighted by atomic mass is 16.2. The zero-order chi connectivity index (χ0) is 20.1. The van der Waals surface area contributed by atoms with E-state index in [2.05, 4.69) is 38.3 Å². The number of hydrogen-bond donors (Lipinski definition) is 2. The second kappa shape index (κ2) is 9.07.